The van der Waals surface area contributed by atoms with Crippen molar-refractivity contribution in [1.82, 2.24) is 14.6 Å². The van der Waals surface area contributed by atoms with Crippen LogP contribution in [0.15, 0.2) is 54.9 Å². The number of aliphatic hydroxyl groups is 1. The summed E-state index contributed by atoms with van der Waals surface area (Å²) in [5.74, 6) is 5.98. The maximum Gasteiger partial charge on any atom is 0.120 e. The van der Waals surface area contributed by atoms with Gasteiger partial charge < -0.3 is 5.11 Å². The first-order chi connectivity index (χ1) is 12.4. The van der Waals surface area contributed by atoms with Crippen molar-refractivity contribution in [2.75, 3.05) is 0 Å². The number of aromatic nitrogens is 3. The molecule has 1 aromatic carbocycles. The van der Waals surface area contributed by atoms with Crippen LogP contribution in [-0.2, 0) is 0 Å². The lowest BCUT2D eigenvalue weighted by molar-refractivity contribution is 0.143. The fraction of sp³-hybridized carbons (Fsp3) is 0.182. The molecule has 4 nitrogen and oxygen atoms in total. The van der Waals surface area contributed by atoms with E-state index in [-0.39, 0.29) is 0 Å². The standard InChI is InChI=1S/C22H19N3O/c1-15-6-7-18-13-17(8-9-20(18)24-15)19-14-23-25-12-4-5-16(21(19)25)10-11-22(2,3)26/h4-9,12-14,26H,1-3H3. The zero-order chi connectivity index (χ0) is 18.3. The Morgan fingerprint density at radius 2 is 1.96 bits per heavy atom. The van der Waals surface area contributed by atoms with E-state index in [4.69, 9.17) is 0 Å². The van der Waals surface area contributed by atoms with Gasteiger partial charge in [-0.15, -0.1) is 0 Å². The number of pyridine rings is 2. The van der Waals surface area contributed by atoms with Crippen LogP contribution in [0.2, 0.25) is 0 Å². The molecule has 0 spiro atoms. The zero-order valence-electron chi connectivity index (χ0n) is 15.0. The van der Waals surface area contributed by atoms with Crippen LogP contribution in [0.3, 0.4) is 0 Å². The molecule has 0 aliphatic rings. The second-order valence-corrected chi connectivity index (χ2v) is 6.94. The first-order valence-corrected chi connectivity index (χ1v) is 8.50. The van der Waals surface area contributed by atoms with Crippen LogP contribution in [-0.4, -0.2) is 25.3 Å². The van der Waals surface area contributed by atoms with Crippen LogP contribution in [0.1, 0.15) is 25.1 Å². The molecule has 26 heavy (non-hydrogen) atoms. The molecular formula is C22H19N3O. The van der Waals surface area contributed by atoms with E-state index in [0.29, 0.717) is 0 Å². The fourth-order valence-electron chi connectivity index (χ4n) is 2.97. The lowest BCUT2D eigenvalue weighted by atomic mass is 10.0. The van der Waals surface area contributed by atoms with Gasteiger partial charge in [0, 0.05) is 22.8 Å². The van der Waals surface area contributed by atoms with Crippen LogP contribution in [0, 0.1) is 18.8 Å². The molecule has 0 radical (unpaired) electrons. The molecule has 0 fully saturated rings. The highest BCUT2D eigenvalue weighted by molar-refractivity contribution is 5.90. The Kier molecular flexibility index (Phi) is 3.75. The molecule has 0 aliphatic carbocycles. The summed E-state index contributed by atoms with van der Waals surface area (Å²) in [6.07, 6.45) is 3.76. The van der Waals surface area contributed by atoms with E-state index in [9.17, 15) is 5.11 Å². The summed E-state index contributed by atoms with van der Waals surface area (Å²) in [5.41, 5.74) is 4.79. The fourth-order valence-corrected chi connectivity index (χ4v) is 2.97. The average Bonchev–Trinajstić information content (AvgIpc) is 3.03. The Labute approximate surface area is 152 Å². The van der Waals surface area contributed by atoms with Gasteiger partial charge in [0.1, 0.15) is 5.60 Å². The van der Waals surface area contributed by atoms with Crippen molar-refractivity contribution in [3.63, 3.8) is 0 Å². The Hall–Kier alpha value is -3.16. The molecule has 0 amide bonds. The third kappa shape index (κ3) is 3.05. The molecule has 0 saturated heterocycles. The molecule has 4 aromatic rings. The maximum atomic E-state index is 9.93. The number of hydrogen-bond donors (Lipinski definition) is 1. The summed E-state index contributed by atoms with van der Waals surface area (Å²) in [4.78, 5) is 4.56. The van der Waals surface area contributed by atoms with Gasteiger partial charge in [0.25, 0.3) is 0 Å². The largest absolute Gasteiger partial charge is 0.378 e. The lowest BCUT2D eigenvalue weighted by Crippen LogP contribution is -2.14. The van der Waals surface area contributed by atoms with Crippen LogP contribution in [0.5, 0.6) is 0 Å². The Bertz CT molecular complexity index is 1190. The van der Waals surface area contributed by atoms with Crippen molar-refractivity contribution >= 4 is 16.4 Å². The molecule has 1 N–H and O–H groups in total. The van der Waals surface area contributed by atoms with Crippen molar-refractivity contribution in [1.29, 1.82) is 0 Å². The molecule has 0 bridgehead atoms. The van der Waals surface area contributed by atoms with Gasteiger partial charge >= 0.3 is 0 Å². The Balaban J connectivity index is 1.92. The summed E-state index contributed by atoms with van der Waals surface area (Å²) in [5, 5.41) is 15.5. The minimum atomic E-state index is -1.04. The molecule has 3 heterocycles. The quantitative estimate of drug-likeness (QED) is 0.533. The zero-order valence-corrected chi connectivity index (χ0v) is 15.0. The van der Waals surface area contributed by atoms with E-state index in [2.05, 4.69) is 40.1 Å². The number of nitrogens with zero attached hydrogens (tertiary/aromatic N) is 3. The van der Waals surface area contributed by atoms with E-state index >= 15 is 0 Å². The molecule has 0 unspecified atom stereocenters. The minimum absolute atomic E-state index is 0.837. The molecule has 0 saturated carbocycles. The van der Waals surface area contributed by atoms with Crippen LogP contribution in [0.25, 0.3) is 27.5 Å². The van der Waals surface area contributed by atoms with E-state index in [1.54, 1.807) is 13.8 Å². The van der Waals surface area contributed by atoms with Crippen LogP contribution >= 0.6 is 0 Å². The molecular weight excluding hydrogens is 322 g/mol. The highest BCUT2D eigenvalue weighted by Crippen LogP contribution is 2.29. The molecule has 3 aromatic heterocycles. The van der Waals surface area contributed by atoms with Gasteiger partial charge in [-0.3, -0.25) is 4.98 Å². The molecule has 0 aliphatic heterocycles. The van der Waals surface area contributed by atoms with Crippen molar-refractivity contribution in [2.24, 2.45) is 0 Å². The summed E-state index contributed by atoms with van der Waals surface area (Å²) < 4.78 is 1.82. The van der Waals surface area contributed by atoms with Gasteiger partial charge in [-0.1, -0.05) is 24.0 Å². The van der Waals surface area contributed by atoms with E-state index in [1.165, 1.54) is 0 Å². The number of fused-ring (bicyclic) bond motifs is 2. The highest BCUT2D eigenvalue weighted by Gasteiger charge is 2.12. The normalized spacial score (nSPS) is 11.5. The summed E-state index contributed by atoms with van der Waals surface area (Å²) in [7, 11) is 0. The van der Waals surface area contributed by atoms with E-state index in [0.717, 1.165) is 38.8 Å². The van der Waals surface area contributed by atoms with Crippen molar-refractivity contribution in [3.8, 4) is 23.0 Å². The Morgan fingerprint density at radius 1 is 1.12 bits per heavy atom. The third-order valence-electron chi connectivity index (χ3n) is 4.18. The first-order valence-electron chi connectivity index (χ1n) is 8.50. The van der Waals surface area contributed by atoms with Crippen molar-refractivity contribution in [3.05, 3.63) is 66.1 Å². The summed E-state index contributed by atoms with van der Waals surface area (Å²) >= 11 is 0. The maximum absolute atomic E-state index is 9.93. The van der Waals surface area contributed by atoms with Gasteiger partial charge in [-0.2, -0.15) is 5.10 Å². The number of benzene rings is 1. The first kappa shape index (κ1) is 16.3. The monoisotopic (exact) mass is 341 g/mol. The summed E-state index contributed by atoms with van der Waals surface area (Å²) in [6.45, 7) is 5.34. The second-order valence-electron chi connectivity index (χ2n) is 6.94. The molecule has 128 valence electrons. The highest BCUT2D eigenvalue weighted by atomic mass is 16.3. The minimum Gasteiger partial charge on any atom is -0.378 e. The van der Waals surface area contributed by atoms with Gasteiger partial charge in [-0.05, 0) is 56.7 Å². The third-order valence-corrected chi connectivity index (χ3v) is 4.18. The lowest BCUT2D eigenvalue weighted by Gasteiger charge is -2.07. The molecule has 4 rings (SSSR count). The van der Waals surface area contributed by atoms with Gasteiger partial charge in [0.15, 0.2) is 0 Å². The van der Waals surface area contributed by atoms with Crippen molar-refractivity contribution < 1.29 is 5.11 Å². The number of aryl methyl sites for hydroxylation is 1. The molecule has 4 heteroatoms. The van der Waals surface area contributed by atoms with E-state index in [1.807, 2.05) is 48.1 Å². The number of rotatable bonds is 1. The summed E-state index contributed by atoms with van der Waals surface area (Å²) in [6, 6.07) is 14.2. The SMILES string of the molecule is Cc1ccc2cc(-c3cnn4cccc(C#CC(C)(C)O)c34)ccc2n1. The van der Waals surface area contributed by atoms with Gasteiger partial charge in [-0.25, -0.2) is 4.52 Å². The van der Waals surface area contributed by atoms with Crippen molar-refractivity contribution in [2.45, 2.75) is 26.4 Å². The predicted molar refractivity (Wildman–Crippen MR) is 104 cm³/mol. The second kappa shape index (κ2) is 5.98. The topological polar surface area (TPSA) is 50.4 Å². The molecule has 0 atom stereocenters. The van der Waals surface area contributed by atoms with Crippen LogP contribution < -0.4 is 0 Å². The van der Waals surface area contributed by atoms with Gasteiger partial charge in [0.05, 0.1) is 22.8 Å². The van der Waals surface area contributed by atoms with E-state index < -0.39 is 5.60 Å². The smallest absolute Gasteiger partial charge is 0.120 e. The Morgan fingerprint density at radius 3 is 2.77 bits per heavy atom. The van der Waals surface area contributed by atoms with Crippen LogP contribution in [0.4, 0.5) is 0 Å². The van der Waals surface area contributed by atoms with Gasteiger partial charge in [0.2, 0.25) is 0 Å². The average molecular weight is 341 g/mol. The number of hydrogen-bond acceptors (Lipinski definition) is 3. The predicted octanol–water partition coefficient (Wildman–Crippen LogP) is 3.98.